The quantitative estimate of drug-likeness (QED) is 0.531. The van der Waals surface area contributed by atoms with E-state index < -0.39 is 0 Å². The molecule has 0 unspecified atom stereocenters. The van der Waals surface area contributed by atoms with Crippen molar-refractivity contribution in [1.29, 1.82) is 0 Å². The predicted molar refractivity (Wildman–Crippen MR) is 92.2 cm³/mol. The lowest BCUT2D eigenvalue weighted by atomic mass is 9.36. The van der Waals surface area contributed by atoms with E-state index in [0.717, 1.165) is 12.8 Å². The lowest BCUT2D eigenvalue weighted by Gasteiger charge is -2.68. The van der Waals surface area contributed by atoms with Crippen molar-refractivity contribution < 1.29 is 14.3 Å². The van der Waals surface area contributed by atoms with E-state index in [9.17, 15) is 9.59 Å². The molecule has 3 nitrogen and oxygen atoms in total. The van der Waals surface area contributed by atoms with Crippen LogP contribution in [0.25, 0.3) is 0 Å². The number of rotatable bonds is 1. The fourth-order valence-corrected chi connectivity index (χ4v) is 7.20. The summed E-state index contributed by atoms with van der Waals surface area (Å²) in [5.41, 5.74) is 0.305. The van der Waals surface area contributed by atoms with Crippen LogP contribution in [0.2, 0.25) is 0 Å². The first-order valence-electron chi connectivity index (χ1n) is 9.61. The SMILES string of the molecule is CC(=O)O[C@@H]1C[C@H]2C(C)(C)CCC[C@]2(C)[C@H]2CCC(=O)[C@H]3C=C[C@]321. The van der Waals surface area contributed by atoms with Crippen LogP contribution in [-0.2, 0) is 14.3 Å². The average Bonchev–Trinajstić information content (AvgIpc) is 2.42. The summed E-state index contributed by atoms with van der Waals surface area (Å²) in [6.45, 7) is 8.75. The molecule has 0 radical (unpaired) electrons. The molecule has 24 heavy (non-hydrogen) atoms. The third-order valence-corrected chi connectivity index (χ3v) is 8.13. The minimum Gasteiger partial charge on any atom is -0.462 e. The summed E-state index contributed by atoms with van der Waals surface area (Å²) in [6.07, 6.45) is 10.5. The maximum atomic E-state index is 12.5. The zero-order valence-electron chi connectivity index (χ0n) is 15.4. The molecule has 0 aromatic heterocycles. The number of hydrogen-bond donors (Lipinski definition) is 0. The molecule has 0 aromatic rings. The van der Waals surface area contributed by atoms with Gasteiger partial charge >= 0.3 is 5.97 Å². The molecule has 3 heteroatoms. The van der Waals surface area contributed by atoms with Crippen LogP contribution in [0.5, 0.6) is 0 Å². The van der Waals surface area contributed by atoms with Crippen molar-refractivity contribution in [2.75, 3.05) is 0 Å². The fraction of sp³-hybridized carbons (Fsp3) is 0.810. The first-order valence-corrected chi connectivity index (χ1v) is 9.61. The second-order valence-corrected chi connectivity index (χ2v) is 9.63. The van der Waals surface area contributed by atoms with E-state index in [-0.39, 0.29) is 34.2 Å². The molecule has 0 aromatic carbocycles. The van der Waals surface area contributed by atoms with E-state index in [4.69, 9.17) is 4.74 Å². The van der Waals surface area contributed by atoms with Gasteiger partial charge in [0.25, 0.3) is 0 Å². The van der Waals surface area contributed by atoms with E-state index in [1.54, 1.807) is 0 Å². The number of esters is 1. The number of carbonyl (C=O) groups is 2. The van der Waals surface area contributed by atoms with Crippen LogP contribution in [0.15, 0.2) is 12.2 Å². The van der Waals surface area contributed by atoms with E-state index in [1.807, 2.05) is 0 Å². The highest BCUT2D eigenvalue weighted by Gasteiger charge is 2.69. The largest absolute Gasteiger partial charge is 0.462 e. The Bertz CT molecular complexity index is 619. The summed E-state index contributed by atoms with van der Waals surface area (Å²) in [4.78, 5) is 24.3. The van der Waals surface area contributed by atoms with E-state index in [1.165, 1.54) is 26.2 Å². The Kier molecular flexibility index (Phi) is 3.38. The van der Waals surface area contributed by atoms with Gasteiger partial charge in [0.05, 0.1) is 0 Å². The minimum absolute atomic E-state index is 0.0246. The van der Waals surface area contributed by atoms with Crippen LogP contribution < -0.4 is 0 Å². The Morgan fingerprint density at radius 3 is 2.58 bits per heavy atom. The summed E-state index contributed by atoms with van der Waals surface area (Å²) >= 11 is 0. The summed E-state index contributed by atoms with van der Waals surface area (Å²) in [6, 6.07) is 0. The lowest BCUT2D eigenvalue weighted by molar-refractivity contribution is -0.216. The van der Waals surface area contributed by atoms with Gasteiger partial charge in [-0.2, -0.15) is 0 Å². The molecule has 0 saturated heterocycles. The smallest absolute Gasteiger partial charge is 0.302 e. The summed E-state index contributed by atoms with van der Waals surface area (Å²) in [7, 11) is 0. The van der Waals surface area contributed by atoms with Gasteiger partial charge in [0.15, 0.2) is 0 Å². The van der Waals surface area contributed by atoms with Crippen LogP contribution in [0, 0.1) is 34.0 Å². The lowest BCUT2D eigenvalue weighted by Crippen LogP contribution is -2.67. The fourth-order valence-electron chi connectivity index (χ4n) is 7.20. The van der Waals surface area contributed by atoms with Crippen LogP contribution >= 0.6 is 0 Å². The van der Waals surface area contributed by atoms with Crippen molar-refractivity contribution >= 4 is 11.8 Å². The Morgan fingerprint density at radius 1 is 1.21 bits per heavy atom. The molecule has 0 amide bonds. The molecule has 0 heterocycles. The van der Waals surface area contributed by atoms with Gasteiger partial charge in [-0.1, -0.05) is 39.3 Å². The van der Waals surface area contributed by atoms with Crippen molar-refractivity contribution in [3.63, 3.8) is 0 Å². The Morgan fingerprint density at radius 2 is 1.96 bits per heavy atom. The number of fused-ring (bicyclic) bond motifs is 2. The molecular weight excluding hydrogens is 300 g/mol. The molecule has 3 saturated carbocycles. The average molecular weight is 330 g/mol. The molecule has 1 spiro atoms. The summed E-state index contributed by atoms with van der Waals surface area (Å²) < 4.78 is 5.88. The van der Waals surface area contributed by atoms with E-state index in [2.05, 4.69) is 32.9 Å². The number of ketones is 1. The second kappa shape index (κ2) is 4.95. The van der Waals surface area contributed by atoms with Crippen molar-refractivity contribution in [2.24, 2.45) is 34.0 Å². The minimum atomic E-state index is -0.223. The third-order valence-electron chi connectivity index (χ3n) is 8.13. The van der Waals surface area contributed by atoms with Gasteiger partial charge in [-0.05, 0) is 48.3 Å². The van der Waals surface area contributed by atoms with Gasteiger partial charge in [0, 0.05) is 24.7 Å². The monoisotopic (exact) mass is 330 g/mol. The normalized spacial score (nSPS) is 48.6. The number of hydrogen-bond acceptors (Lipinski definition) is 3. The second-order valence-electron chi connectivity index (χ2n) is 9.63. The highest BCUT2D eigenvalue weighted by molar-refractivity contribution is 5.87. The van der Waals surface area contributed by atoms with E-state index in [0.29, 0.717) is 24.0 Å². The van der Waals surface area contributed by atoms with Gasteiger partial charge in [-0.25, -0.2) is 0 Å². The standard InChI is InChI=1S/C21H30O3/c1-13(22)24-18-12-17-19(2,3)9-5-10-20(17,4)16-7-6-15(23)14-8-11-21(14,16)18/h8,11,14,16-18H,5-7,9-10,12H2,1-4H3/t14-,16-,17+,18-,20-,21+/m1/s1. The molecule has 0 aliphatic heterocycles. The summed E-state index contributed by atoms with van der Waals surface area (Å²) in [5.74, 6) is 1.14. The molecule has 3 fully saturated rings. The maximum absolute atomic E-state index is 12.5. The molecule has 132 valence electrons. The zero-order chi connectivity index (χ0) is 17.3. The molecule has 4 aliphatic rings. The molecule has 0 bridgehead atoms. The van der Waals surface area contributed by atoms with Gasteiger partial charge in [0.1, 0.15) is 11.9 Å². The molecule has 4 aliphatic carbocycles. The predicted octanol–water partition coefficient (Wildman–Crippen LogP) is 4.31. The van der Waals surface area contributed by atoms with Crippen molar-refractivity contribution in [3.05, 3.63) is 12.2 Å². The van der Waals surface area contributed by atoms with Crippen LogP contribution in [-0.4, -0.2) is 17.9 Å². The van der Waals surface area contributed by atoms with Gasteiger partial charge in [-0.15, -0.1) is 0 Å². The summed E-state index contributed by atoms with van der Waals surface area (Å²) in [5, 5.41) is 0. The highest BCUT2D eigenvalue weighted by atomic mass is 16.5. The topological polar surface area (TPSA) is 43.4 Å². The van der Waals surface area contributed by atoms with Gasteiger partial charge in [-0.3, -0.25) is 9.59 Å². The Hall–Kier alpha value is -1.12. The first kappa shape index (κ1) is 16.4. The number of carbonyl (C=O) groups excluding carboxylic acids is 2. The van der Waals surface area contributed by atoms with Crippen LogP contribution in [0.4, 0.5) is 0 Å². The molecule has 6 atom stereocenters. The molecular formula is C21H30O3. The van der Waals surface area contributed by atoms with Crippen molar-refractivity contribution in [1.82, 2.24) is 0 Å². The van der Waals surface area contributed by atoms with E-state index >= 15 is 0 Å². The molecule has 0 N–H and O–H groups in total. The number of Topliss-reactive ketones (excluding diaryl/α,β-unsaturated/α-hetero) is 1. The number of allylic oxidation sites excluding steroid dienone is 1. The van der Waals surface area contributed by atoms with Crippen molar-refractivity contribution in [2.45, 2.75) is 72.3 Å². The highest BCUT2D eigenvalue weighted by Crippen LogP contribution is 2.71. The van der Waals surface area contributed by atoms with Gasteiger partial charge < -0.3 is 4.74 Å². The Labute approximate surface area is 145 Å². The van der Waals surface area contributed by atoms with Gasteiger partial charge in [0.2, 0.25) is 0 Å². The van der Waals surface area contributed by atoms with Crippen LogP contribution in [0.1, 0.15) is 66.2 Å². The number of ether oxygens (including phenoxy) is 1. The third kappa shape index (κ3) is 1.90. The van der Waals surface area contributed by atoms with Crippen molar-refractivity contribution in [3.8, 4) is 0 Å². The Balaban J connectivity index is 1.82. The zero-order valence-corrected chi connectivity index (χ0v) is 15.4. The first-order chi connectivity index (χ1) is 11.2. The maximum Gasteiger partial charge on any atom is 0.302 e. The van der Waals surface area contributed by atoms with Crippen LogP contribution in [0.3, 0.4) is 0 Å². The molecule has 4 rings (SSSR count).